The number of carbonyl (C=O) groups is 2. The molecule has 8 heteroatoms. The van der Waals surface area contributed by atoms with Crippen molar-refractivity contribution in [1.29, 1.82) is 0 Å². The smallest absolute Gasteiger partial charge is 0.329 e. The number of amides is 2. The number of hydrogen-bond acceptors (Lipinski definition) is 2. The quantitative estimate of drug-likeness (QED) is 0.840. The van der Waals surface area contributed by atoms with Gasteiger partial charge in [-0.15, -0.1) is 0 Å². The van der Waals surface area contributed by atoms with Gasteiger partial charge in [0.15, 0.2) is 11.6 Å². The summed E-state index contributed by atoms with van der Waals surface area (Å²) in [6, 6.07) is -0.0883. The maximum atomic E-state index is 13.4. The van der Waals surface area contributed by atoms with Gasteiger partial charge in [0.1, 0.15) is 11.4 Å². The monoisotopic (exact) mass is 290 g/mol. The summed E-state index contributed by atoms with van der Waals surface area (Å²) in [5.41, 5.74) is -2.28. The molecule has 1 aromatic rings. The van der Waals surface area contributed by atoms with Crippen molar-refractivity contribution in [1.82, 2.24) is 4.90 Å². The van der Waals surface area contributed by atoms with Gasteiger partial charge in [0.25, 0.3) is 0 Å². The van der Waals surface area contributed by atoms with Crippen LogP contribution in [0.25, 0.3) is 0 Å². The van der Waals surface area contributed by atoms with E-state index in [2.05, 4.69) is 0 Å². The number of aliphatic carboxylic acids is 1. The van der Waals surface area contributed by atoms with E-state index in [1.807, 2.05) is 5.32 Å². The summed E-state index contributed by atoms with van der Waals surface area (Å²) in [5, 5.41) is 10.9. The van der Waals surface area contributed by atoms with Crippen LogP contribution in [0.3, 0.4) is 0 Å². The van der Waals surface area contributed by atoms with Gasteiger partial charge in [-0.3, -0.25) is 0 Å². The van der Waals surface area contributed by atoms with Crippen molar-refractivity contribution < 1.29 is 27.9 Å². The molecule has 0 aliphatic rings. The van der Waals surface area contributed by atoms with Crippen molar-refractivity contribution in [3.05, 3.63) is 29.6 Å². The van der Waals surface area contributed by atoms with Crippen molar-refractivity contribution in [3.8, 4) is 0 Å². The summed E-state index contributed by atoms with van der Waals surface area (Å²) in [6.45, 7) is 2.49. The highest BCUT2D eigenvalue weighted by Gasteiger charge is 2.35. The molecule has 0 saturated heterocycles. The second-order valence-corrected chi connectivity index (χ2v) is 4.60. The van der Waals surface area contributed by atoms with E-state index < -0.39 is 40.7 Å². The van der Waals surface area contributed by atoms with Crippen LogP contribution in [-0.4, -0.2) is 34.6 Å². The fourth-order valence-corrected chi connectivity index (χ4v) is 1.24. The maximum absolute atomic E-state index is 13.4. The van der Waals surface area contributed by atoms with Crippen molar-refractivity contribution in [2.75, 3.05) is 12.4 Å². The molecule has 0 aromatic heterocycles. The number of carboxylic acid groups (broad SMARTS) is 1. The first-order valence-electron chi connectivity index (χ1n) is 5.50. The van der Waals surface area contributed by atoms with Crippen LogP contribution in [-0.2, 0) is 4.79 Å². The zero-order valence-electron chi connectivity index (χ0n) is 11.0. The van der Waals surface area contributed by atoms with Gasteiger partial charge >= 0.3 is 12.0 Å². The largest absolute Gasteiger partial charge is 0.480 e. The zero-order chi connectivity index (χ0) is 15.7. The van der Waals surface area contributed by atoms with E-state index in [0.717, 1.165) is 11.9 Å². The Kier molecular flexibility index (Phi) is 4.26. The van der Waals surface area contributed by atoms with Crippen molar-refractivity contribution >= 4 is 17.7 Å². The molecule has 0 aliphatic heterocycles. The molecule has 0 aliphatic carbocycles. The van der Waals surface area contributed by atoms with Gasteiger partial charge in [-0.1, -0.05) is 0 Å². The highest BCUT2D eigenvalue weighted by atomic mass is 19.2. The number of nitrogens with one attached hydrogen (secondary N) is 1. The van der Waals surface area contributed by atoms with Gasteiger partial charge in [0.05, 0.1) is 5.69 Å². The van der Waals surface area contributed by atoms with Crippen LogP contribution >= 0.6 is 0 Å². The van der Waals surface area contributed by atoms with Crippen molar-refractivity contribution in [2.45, 2.75) is 19.4 Å². The molecular formula is C12H13F3N2O3. The number of rotatable bonds is 3. The van der Waals surface area contributed by atoms with Crippen molar-refractivity contribution in [3.63, 3.8) is 0 Å². The van der Waals surface area contributed by atoms with E-state index in [9.17, 15) is 22.8 Å². The predicted octanol–water partition coefficient (Wildman–Crippen LogP) is 2.43. The number of nitrogens with zero attached hydrogens (tertiary/aromatic N) is 1. The van der Waals surface area contributed by atoms with E-state index in [1.54, 1.807) is 0 Å². The molecular weight excluding hydrogens is 277 g/mol. The highest BCUT2D eigenvalue weighted by Crippen LogP contribution is 2.21. The Morgan fingerprint density at radius 3 is 2.30 bits per heavy atom. The zero-order valence-corrected chi connectivity index (χ0v) is 11.0. The Bertz CT molecular complexity index is 561. The third-order valence-electron chi connectivity index (χ3n) is 2.90. The lowest BCUT2D eigenvalue weighted by molar-refractivity contribution is -0.146. The fraction of sp³-hybridized carbons (Fsp3) is 0.333. The molecule has 1 aromatic carbocycles. The fourth-order valence-electron chi connectivity index (χ4n) is 1.24. The summed E-state index contributed by atoms with van der Waals surface area (Å²) in [5.74, 6) is -5.25. The molecule has 0 spiro atoms. The third-order valence-corrected chi connectivity index (χ3v) is 2.90. The maximum Gasteiger partial charge on any atom is 0.329 e. The first-order chi connectivity index (χ1) is 9.07. The first kappa shape index (κ1) is 15.8. The van der Waals surface area contributed by atoms with Crippen LogP contribution in [0.4, 0.5) is 23.7 Å². The van der Waals surface area contributed by atoms with Crippen molar-refractivity contribution in [2.24, 2.45) is 0 Å². The van der Waals surface area contributed by atoms with Crippen LogP contribution in [0.1, 0.15) is 13.8 Å². The summed E-state index contributed by atoms with van der Waals surface area (Å²) < 4.78 is 39.3. The van der Waals surface area contributed by atoms with Crippen LogP contribution in [0.2, 0.25) is 0 Å². The predicted molar refractivity (Wildman–Crippen MR) is 64.8 cm³/mol. The van der Waals surface area contributed by atoms with Gasteiger partial charge in [-0.25, -0.2) is 22.8 Å². The van der Waals surface area contributed by atoms with Crippen LogP contribution in [0.15, 0.2) is 12.1 Å². The summed E-state index contributed by atoms with van der Waals surface area (Å²) >= 11 is 0. The van der Waals surface area contributed by atoms with E-state index >= 15 is 0 Å². The summed E-state index contributed by atoms with van der Waals surface area (Å²) in [4.78, 5) is 23.5. The number of halogens is 3. The minimum atomic E-state index is -1.58. The standard InChI is InChI=1S/C12H13F3N2O3/c1-12(2,10(18)19)17(3)11(20)16-8-5-6(13)4-7(14)9(8)15/h4-5H,1-3H3,(H,16,20)(H,18,19). The topological polar surface area (TPSA) is 69.6 Å². The number of benzene rings is 1. The SMILES string of the molecule is CN(C(=O)Nc1cc(F)cc(F)c1F)C(C)(C)C(=O)O. The molecule has 0 atom stereocenters. The molecule has 0 heterocycles. The second kappa shape index (κ2) is 5.40. The molecule has 1 rings (SSSR count). The highest BCUT2D eigenvalue weighted by molar-refractivity contribution is 5.93. The molecule has 0 radical (unpaired) electrons. The van der Waals surface area contributed by atoms with Gasteiger partial charge in [0, 0.05) is 19.2 Å². The van der Waals surface area contributed by atoms with Gasteiger partial charge in [0.2, 0.25) is 0 Å². The van der Waals surface area contributed by atoms with E-state index in [0.29, 0.717) is 12.1 Å². The number of carboxylic acids is 1. The minimum absolute atomic E-state index is 0.329. The lowest BCUT2D eigenvalue weighted by Crippen LogP contribution is -2.52. The first-order valence-corrected chi connectivity index (χ1v) is 5.50. The molecule has 110 valence electrons. The molecule has 5 nitrogen and oxygen atoms in total. The number of likely N-dealkylation sites (N-methyl/N-ethyl adjacent to an activating group) is 1. The van der Waals surface area contributed by atoms with Gasteiger partial charge < -0.3 is 15.3 Å². The molecule has 0 saturated carbocycles. The van der Waals surface area contributed by atoms with E-state index in [1.165, 1.54) is 13.8 Å². The lowest BCUT2D eigenvalue weighted by atomic mass is 10.1. The van der Waals surface area contributed by atoms with Gasteiger partial charge in [-0.05, 0) is 13.8 Å². The number of urea groups is 1. The van der Waals surface area contributed by atoms with Crippen LogP contribution in [0.5, 0.6) is 0 Å². The molecule has 0 bridgehead atoms. The van der Waals surface area contributed by atoms with Crippen LogP contribution in [0, 0.1) is 17.5 Å². The molecule has 2 N–H and O–H groups in total. The van der Waals surface area contributed by atoms with Crippen LogP contribution < -0.4 is 5.32 Å². The summed E-state index contributed by atoms with van der Waals surface area (Å²) in [7, 11) is 1.16. The average molecular weight is 290 g/mol. The normalized spacial score (nSPS) is 11.1. The Hall–Kier alpha value is -2.25. The molecule has 0 unspecified atom stereocenters. The molecule has 2 amide bonds. The molecule has 0 fully saturated rings. The Balaban J connectivity index is 3.00. The lowest BCUT2D eigenvalue weighted by Gasteiger charge is -2.31. The average Bonchev–Trinajstić information content (AvgIpc) is 2.33. The third kappa shape index (κ3) is 3.01. The molecule has 20 heavy (non-hydrogen) atoms. The Labute approximate surface area is 113 Å². The minimum Gasteiger partial charge on any atom is -0.480 e. The van der Waals surface area contributed by atoms with E-state index in [-0.39, 0.29) is 0 Å². The van der Waals surface area contributed by atoms with E-state index in [4.69, 9.17) is 5.11 Å². The summed E-state index contributed by atoms with van der Waals surface area (Å²) in [6.07, 6.45) is 0. The number of hydrogen-bond donors (Lipinski definition) is 2. The second-order valence-electron chi connectivity index (χ2n) is 4.60. The van der Waals surface area contributed by atoms with Gasteiger partial charge in [-0.2, -0.15) is 0 Å². The Morgan fingerprint density at radius 1 is 1.25 bits per heavy atom. The number of carbonyl (C=O) groups excluding carboxylic acids is 1. The number of anilines is 1. The Morgan fingerprint density at radius 2 is 1.80 bits per heavy atom.